The van der Waals surface area contributed by atoms with Gasteiger partial charge in [0.2, 0.25) is 0 Å². The Morgan fingerprint density at radius 3 is 2.31 bits per heavy atom. The summed E-state index contributed by atoms with van der Waals surface area (Å²) < 4.78 is 0. The Morgan fingerprint density at radius 2 is 1.59 bits per heavy atom. The van der Waals surface area contributed by atoms with E-state index >= 15 is 0 Å². The number of hydrogen-bond acceptors (Lipinski definition) is 2. The molecule has 2 heteroatoms. The third-order valence-electron chi connectivity index (χ3n) is 11.0. The lowest BCUT2D eigenvalue weighted by atomic mass is 9.43. The Balaban J connectivity index is 1.51. The Morgan fingerprint density at radius 1 is 0.828 bits per heavy atom. The molecule has 4 aliphatic rings. The fraction of sp³-hybridized carbons (Fsp3) is 1.00. The number of fused-ring (bicyclic) bond motifs is 5. The van der Waals surface area contributed by atoms with Crippen LogP contribution in [0.2, 0.25) is 0 Å². The molecule has 0 aromatic heterocycles. The molecule has 2 nitrogen and oxygen atoms in total. The van der Waals surface area contributed by atoms with E-state index in [0.717, 1.165) is 36.0 Å². The Kier molecular flexibility index (Phi) is 5.95. The summed E-state index contributed by atoms with van der Waals surface area (Å²) in [6, 6.07) is 0. The molecular weight excluding hydrogens is 356 g/mol. The van der Waals surface area contributed by atoms with E-state index in [2.05, 4.69) is 34.6 Å². The summed E-state index contributed by atoms with van der Waals surface area (Å²) in [5.74, 6) is 3.67. The van der Waals surface area contributed by atoms with Crippen LogP contribution >= 0.6 is 0 Å². The molecule has 29 heavy (non-hydrogen) atoms. The highest BCUT2D eigenvalue weighted by molar-refractivity contribution is 5.12. The SMILES string of the molecule is CC(C)CCC[C@@H](C)[C@H]1CC[C@H]2[C@@H]3CC[C@H]4CCCC(O)(O)[C@]4(C)[C@H]3CC[C@]12C. The maximum atomic E-state index is 11.1. The molecule has 0 saturated heterocycles. The summed E-state index contributed by atoms with van der Waals surface area (Å²) in [6.07, 6.45) is 14.9. The third-order valence-corrected chi connectivity index (χ3v) is 11.0. The van der Waals surface area contributed by atoms with Crippen molar-refractivity contribution in [3.63, 3.8) is 0 Å². The van der Waals surface area contributed by atoms with Crippen LogP contribution in [0.5, 0.6) is 0 Å². The van der Waals surface area contributed by atoms with Crippen LogP contribution in [0.1, 0.15) is 112 Å². The van der Waals surface area contributed by atoms with E-state index in [9.17, 15) is 10.2 Å². The highest BCUT2D eigenvalue weighted by atomic mass is 16.5. The van der Waals surface area contributed by atoms with Gasteiger partial charge in [-0.25, -0.2) is 0 Å². The number of aliphatic hydroxyl groups is 2. The molecule has 0 bridgehead atoms. The summed E-state index contributed by atoms with van der Waals surface area (Å²) in [4.78, 5) is 0. The smallest absolute Gasteiger partial charge is 0.168 e. The van der Waals surface area contributed by atoms with Crippen LogP contribution in [0, 0.1) is 52.3 Å². The van der Waals surface area contributed by atoms with Crippen molar-refractivity contribution in [2.75, 3.05) is 0 Å². The Labute approximate surface area is 180 Å². The first-order valence-electron chi connectivity index (χ1n) is 13.1. The molecule has 0 aromatic carbocycles. The van der Waals surface area contributed by atoms with E-state index in [4.69, 9.17) is 0 Å². The summed E-state index contributed by atoms with van der Waals surface area (Å²) >= 11 is 0. The summed E-state index contributed by atoms with van der Waals surface area (Å²) in [5, 5.41) is 22.2. The second-order valence-electron chi connectivity index (χ2n) is 12.7. The van der Waals surface area contributed by atoms with Crippen molar-refractivity contribution in [1.29, 1.82) is 0 Å². The van der Waals surface area contributed by atoms with Gasteiger partial charge in [-0.1, -0.05) is 53.9 Å². The average molecular weight is 405 g/mol. The molecule has 168 valence electrons. The quantitative estimate of drug-likeness (QED) is 0.495. The first-order valence-corrected chi connectivity index (χ1v) is 13.1. The van der Waals surface area contributed by atoms with Crippen LogP contribution in [-0.4, -0.2) is 16.0 Å². The second-order valence-corrected chi connectivity index (χ2v) is 12.7. The van der Waals surface area contributed by atoms with Crippen LogP contribution in [0.3, 0.4) is 0 Å². The largest absolute Gasteiger partial charge is 0.365 e. The lowest BCUT2D eigenvalue weighted by Gasteiger charge is -2.63. The molecule has 4 saturated carbocycles. The van der Waals surface area contributed by atoms with Crippen molar-refractivity contribution in [1.82, 2.24) is 0 Å². The predicted octanol–water partition coefficient (Wildman–Crippen LogP) is 6.79. The predicted molar refractivity (Wildman–Crippen MR) is 120 cm³/mol. The highest BCUT2D eigenvalue weighted by Crippen LogP contribution is 2.69. The average Bonchev–Trinajstić information content (AvgIpc) is 2.99. The molecule has 8 atom stereocenters. The molecule has 0 amide bonds. The number of rotatable bonds is 5. The van der Waals surface area contributed by atoms with E-state index in [-0.39, 0.29) is 5.41 Å². The fourth-order valence-electron chi connectivity index (χ4n) is 9.39. The van der Waals surface area contributed by atoms with Crippen molar-refractivity contribution >= 4 is 0 Å². The number of hydrogen-bond donors (Lipinski definition) is 2. The van der Waals surface area contributed by atoms with Crippen molar-refractivity contribution in [2.24, 2.45) is 52.3 Å². The summed E-state index contributed by atoms with van der Waals surface area (Å²) in [7, 11) is 0. The fourth-order valence-corrected chi connectivity index (χ4v) is 9.39. The van der Waals surface area contributed by atoms with Gasteiger partial charge in [0.05, 0.1) is 0 Å². The van der Waals surface area contributed by atoms with Crippen LogP contribution in [0.25, 0.3) is 0 Å². The van der Waals surface area contributed by atoms with Gasteiger partial charge in [-0.15, -0.1) is 0 Å². The maximum Gasteiger partial charge on any atom is 0.168 e. The Bertz CT molecular complexity index is 583. The van der Waals surface area contributed by atoms with Crippen molar-refractivity contribution < 1.29 is 10.2 Å². The minimum Gasteiger partial charge on any atom is -0.365 e. The van der Waals surface area contributed by atoms with Gasteiger partial charge in [0, 0.05) is 11.8 Å². The van der Waals surface area contributed by atoms with E-state index in [1.54, 1.807) is 0 Å². The van der Waals surface area contributed by atoms with Gasteiger partial charge in [0.1, 0.15) is 0 Å². The van der Waals surface area contributed by atoms with Gasteiger partial charge in [0.15, 0.2) is 5.79 Å². The van der Waals surface area contributed by atoms with Crippen LogP contribution in [0.4, 0.5) is 0 Å². The van der Waals surface area contributed by atoms with E-state index in [0.29, 0.717) is 23.7 Å². The van der Waals surface area contributed by atoms with Gasteiger partial charge in [-0.3, -0.25) is 0 Å². The molecule has 0 unspecified atom stereocenters. The van der Waals surface area contributed by atoms with Crippen LogP contribution in [0.15, 0.2) is 0 Å². The molecule has 0 heterocycles. The second kappa shape index (κ2) is 7.80. The van der Waals surface area contributed by atoms with Crippen molar-refractivity contribution in [3.05, 3.63) is 0 Å². The Hall–Kier alpha value is -0.0800. The van der Waals surface area contributed by atoms with Gasteiger partial charge < -0.3 is 10.2 Å². The molecule has 2 N–H and O–H groups in total. The van der Waals surface area contributed by atoms with E-state index in [1.165, 1.54) is 64.2 Å². The standard InChI is InChI=1S/C27H48O2/c1-18(2)8-6-9-19(3)22-13-14-23-21-12-11-20-10-7-16-27(28,29)26(20,5)24(21)15-17-25(22,23)4/h18-24,28-29H,6-17H2,1-5H3/t19-,20-,21+,22-,23+,24+,25-,26+/m1/s1. The molecule has 0 aliphatic heterocycles. The molecule has 0 spiro atoms. The first kappa shape index (κ1) is 22.1. The van der Waals surface area contributed by atoms with E-state index in [1.807, 2.05) is 0 Å². The van der Waals surface area contributed by atoms with E-state index < -0.39 is 5.79 Å². The minimum atomic E-state index is -1.45. The lowest BCUT2D eigenvalue weighted by Crippen LogP contribution is -2.63. The summed E-state index contributed by atoms with van der Waals surface area (Å²) in [6.45, 7) is 12.1. The van der Waals surface area contributed by atoms with Crippen LogP contribution < -0.4 is 0 Å². The molecule has 0 aromatic rings. The normalized spacial score (nSPS) is 47.4. The zero-order valence-corrected chi connectivity index (χ0v) is 19.9. The van der Waals surface area contributed by atoms with Gasteiger partial charge in [-0.05, 0) is 98.2 Å². The van der Waals surface area contributed by atoms with Gasteiger partial charge >= 0.3 is 0 Å². The monoisotopic (exact) mass is 404 g/mol. The maximum absolute atomic E-state index is 11.1. The third kappa shape index (κ3) is 3.43. The molecule has 4 rings (SSSR count). The van der Waals surface area contributed by atoms with Crippen LogP contribution in [-0.2, 0) is 0 Å². The van der Waals surface area contributed by atoms with Gasteiger partial charge in [-0.2, -0.15) is 0 Å². The van der Waals surface area contributed by atoms with Gasteiger partial charge in [0.25, 0.3) is 0 Å². The topological polar surface area (TPSA) is 40.5 Å². The van der Waals surface area contributed by atoms with Crippen molar-refractivity contribution in [2.45, 2.75) is 117 Å². The first-order chi connectivity index (χ1) is 13.6. The minimum absolute atomic E-state index is 0.281. The molecule has 4 fully saturated rings. The molecule has 4 aliphatic carbocycles. The lowest BCUT2D eigenvalue weighted by molar-refractivity contribution is -0.313. The summed E-state index contributed by atoms with van der Waals surface area (Å²) in [5.41, 5.74) is 0.209. The van der Waals surface area contributed by atoms with Crippen molar-refractivity contribution in [3.8, 4) is 0 Å². The zero-order chi connectivity index (χ0) is 21.0. The molecular formula is C27H48O2. The zero-order valence-electron chi connectivity index (χ0n) is 19.9. The molecule has 0 radical (unpaired) electrons. The highest BCUT2D eigenvalue weighted by Gasteiger charge is 2.65.